The zero-order valence-corrected chi connectivity index (χ0v) is 24.6. The van der Waals surface area contributed by atoms with Gasteiger partial charge in [0.2, 0.25) is 11.8 Å². The van der Waals surface area contributed by atoms with Crippen LogP contribution >= 0.6 is 23.2 Å². The minimum absolute atomic E-state index is 0.115. The Kier molecular flexibility index (Phi) is 11.4. The van der Waals surface area contributed by atoms with E-state index in [9.17, 15) is 22.4 Å². The van der Waals surface area contributed by atoms with Gasteiger partial charge < -0.3 is 10.2 Å². The minimum atomic E-state index is -4.37. The summed E-state index contributed by atoms with van der Waals surface area (Å²) in [4.78, 5) is 28.4. The van der Waals surface area contributed by atoms with Crippen molar-refractivity contribution in [2.75, 3.05) is 17.4 Å². The number of nitrogens with one attached hydrogen (secondary N) is 1. The van der Waals surface area contributed by atoms with Crippen molar-refractivity contribution >= 4 is 50.7 Å². The van der Waals surface area contributed by atoms with Gasteiger partial charge in [-0.05, 0) is 49.2 Å². The molecule has 0 saturated carbocycles. The lowest BCUT2D eigenvalue weighted by molar-refractivity contribution is -0.140. The van der Waals surface area contributed by atoms with Crippen molar-refractivity contribution in [3.05, 3.63) is 94.2 Å². The summed E-state index contributed by atoms with van der Waals surface area (Å²) in [5, 5.41) is 3.42. The lowest BCUT2D eigenvalue weighted by Crippen LogP contribution is -2.52. The van der Waals surface area contributed by atoms with Crippen LogP contribution in [0.25, 0.3) is 0 Å². The van der Waals surface area contributed by atoms with E-state index in [0.717, 1.165) is 23.2 Å². The molecule has 1 N–H and O–H groups in total. The van der Waals surface area contributed by atoms with Crippen LogP contribution in [0, 0.1) is 5.82 Å². The van der Waals surface area contributed by atoms with Gasteiger partial charge in [0, 0.05) is 28.7 Å². The molecule has 40 heavy (non-hydrogen) atoms. The van der Waals surface area contributed by atoms with E-state index in [0.29, 0.717) is 12.1 Å². The molecule has 0 bridgehead atoms. The Morgan fingerprint density at radius 3 is 2.15 bits per heavy atom. The highest BCUT2D eigenvalue weighted by atomic mass is 35.5. The summed E-state index contributed by atoms with van der Waals surface area (Å²) in [6, 6.07) is 16.7. The molecule has 1 unspecified atom stereocenters. The lowest BCUT2D eigenvalue weighted by Gasteiger charge is -2.33. The first-order chi connectivity index (χ1) is 19.1. The van der Waals surface area contributed by atoms with Crippen molar-refractivity contribution in [3.8, 4) is 0 Å². The summed E-state index contributed by atoms with van der Waals surface area (Å²) in [5.41, 5.74) is 0.109. The summed E-state index contributed by atoms with van der Waals surface area (Å²) in [5.74, 6) is -1.94. The molecule has 214 valence electrons. The predicted molar refractivity (Wildman–Crippen MR) is 156 cm³/mol. The van der Waals surface area contributed by atoms with Gasteiger partial charge in [0.1, 0.15) is 18.4 Å². The van der Waals surface area contributed by atoms with Gasteiger partial charge in [0.05, 0.1) is 10.6 Å². The molecule has 0 saturated heterocycles. The van der Waals surface area contributed by atoms with E-state index in [1.807, 2.05) is 6.92 Å². The Hall–Kier alpha value is -3.14. The fraction of sp³-hybridized carbons (Fsp3) is 0.310. The van der Waals surface area contributed by atoms with Gasteiger partial charge in [-0.2, -0.15) is 0 Å². The smallest absolute Gasteiger partial charge is 0.264 e. The summed E-state index contributed by atoms with van der Waals surface area (Å²) in [6.45, 7) is 3.23. The number of amides is 2. The molecule has 7 nitrogen and oxygen atoms in total. The third kappa shape index (κ3) is 7.53. The molecule has 0 aliphatic rings. The molecule has 0 aliphatic heterocycles. The normalized spacial score (nSPS) is 12.0. The van der Waals surface area contributed by atoms with Crippen LogP contribution in [0.4, 0.5) is 10.1 Å². The number of anilines is 1. The summed E-state index contributed by atoms with van der Waals surface area (Å²) < 4.78 is 43.2. The SMILES string of the molecule is CCCCNC(=O)C(CC)N(Cc1c(Cl)cccc1Cl)C(=O)CN(c1ccccc1F)S(=O)(=O)c1ccccc1. The maximum atomic E-state index is 15.0. The van der Waals surface area contributed by atoms with Crippen LogP contribution in [0.15, 0.2) is 77.7 Å². The van der Waals surface area contributed by atoms with Gasteiger partial charge in [-0.25, -0.2) is 12.8 Å². The van der Waals surface area contributed by atoms with E-state index in [4.69, 9.17) is 23.2 Å². The highest BCUT2D eigenvalue weighted by molar-refractivity contribution is 7.92. The van der Waals surface area contributed by atoms with E-state index in [2.05, 4.69) is 5.32 Å². The molecular weight excluding hydrogens is 576 g/mol. The third-order valence-electron chi connectivity index (χ3n) is 6.34. The Bertz CT molecular complexity index is 1400. The van der Waals surface area contributed by atoms with Gasteiger partial charge in [0.25, 0.3) is 10.0 Å². The van der Waals surface area contributed by atoms with E-state index < -0.39 is 40.2 Å². The van der Waals surface area contributed by atoms with E-state index in [1.165, 1.54) is 47.4 Å². The first kappa shape index (κ1) is 31.4. The van der Waals surface area contributed by atoms with Crippen LogP contribution in [0.3, 0.4) is 0 Å². The van der Waals surface area contributed by atoms with Crippen LogP contribution in [0.2, 0.25) is 10.0 Å². The fourth-order valence-electron chi connectivity index (χ4n) is 4.17. The Morgan fingerprint density at radius 1 is 0.925 bits per heavy atom. The standard InChI is InChI=1S/C29H32Cl2FN3O4S/c1-3-5-18-33-29(37)26(4-2)34(19-22-23(30)14-11-15-24(22)31)28(36)20-35(27-17-10-9-16-25(27)32)40(38,39)21-12-7-6-8-13-21/h6-17,26H,3-5,18-20H2,1-2H3,(H,33,37). The first-order valence-electron chi connectivity index (χ1n) is 12.9. The highest BCUT2D eigenvalue weighted by Crippen LogP contribution is 2.29. The van der Waals surface area contributed by atoms with Crippen LogP contribution in [-0.2, 0) is 26.2 Å². The number of hydrogen-bond acceptors (Lipinski definition) is 4. The molecule has 3 aromatic rings. The number of benzene rings is 3. The maximum absolute atomic E-state index is 15.0. The molecule has 2 amide bonds. The van der Waals surface area contributed by atoms with Crippen molar-refractivity contribution in [1.29, 1.82) is 0 Å². The molecule has 0 radical (unpaired) electrons. The van der Waals surface area contributed by atoms with E-state index in [1.54, 1.807) is 31.2 Å². The van der Waals surface area contributed by atoms with Crippen molar-refractivity contribution in [1.82, 2.24) is 10.2 Å². The summed E-state index contributed by atoms with van der Waals surface area (Å²) >= 11 is 12.8. The zero-order valence-electron chi connectivity index (χ0n) is 22.3. The molecule has 0 spiro atoms. The van der Waals surface area contributed by atoms with Crippen LogP contribution in [0.1, 0.15) is 38.7 Å². The second-order valence-corrected chi connectivity index (χ2v) is 11.7. The topological polar surface area (TPSA) is 86.8 Å². The zero-order chi connectivity index (χ0) is 29.3. The molecule has 0 aliphatic carbocycles. The second-order valence-electron chi connectivity index (χ2n) is 9.07. The Labute approximate surface area is 244 Å². The number of halogens is 3. The number of carbonyl (C=O) groups is 2. The van der Waals surface area contributed by atoms with Gasteiger partial charge in [-0.3, -0.25) is 13.9 Å². The molecule has 3 rings (SSSR count). The molecule has 1 atom stereocenters. The number of unbranched alkanes of at least 4 members (excludes halogenated alkanes) is 1. The first-order valence-corrected chi connectivity index (χ1v) is 15.1. The van der Waals surface area contributed by atoms with E-state index in [-0.39, 0.29) is 33.6 Å². The molecular formula is C29H32Cl2FN3O4S. The Balaban J connectivity index is 2.08. The van der Waals surface area contributed by atoms with Gasteiger partial charge in [-0.15, -0.1) is 0 Å². The monoisotopic (exact) mass is 607 g/mol. The minimum Gasteiger partial charge on any atom is -0.354 e. The summed E-state index contributed by atoms with van der Waals surface area (Å²) in [7, 11) is -4.37. The Morgan fingerprint density at radius 2 is 1.55 bits per heavy atom. The van der Waals surface area contributed by atoms with Crippen molar-refractivity contribution < 1.29 is 22.4 Å². The average molecular weight is 609 g/mol. The van der Waals surface area contributed by atoms with Crippen LogP contribution in [0.5, 0.6) is 0 Å². The highest BCUT2D eigenvalue weighted by Gasteiger charge is 2.35. The fourth-order valence-corrected chi connectivity index (χ4v) is 6.13. The molecule has 3 aromatic carbocycles. The van der Waals surface area contributed by atoms with Crippen LogP contribution in [-0.4, -0.2) is 44.3 Å². The van der Waals surface area contributed by atoms with Gasteiger partial charge >= 0.3 is 0 Å². The number of hydrogen-bond donors (Lipinski definition) is 1. The third-order valence-corrected chi connectivity index (χ3v) is 8.82. The van der Waals surface area contributed by atoms with Crippen molar-refractivity contribution in [2.24, 2.45) is 0 Å². The largest absolute Gasteiger partial charge is 0.354 e. The number of rotatable bonds is 13. The molecule has 0 aromatic heterocycles. The number of carbonyl (C=O) groups excluding carboxylic acids is 2. The molecule has 0 fully saturated rings. The molecule has 0 heterocycles. The molecule has 11 heteroatoms. The quantitative estimate of drug-likeness (QED) is 0.240. The van der Waals surface area contributed by atoms with Crippen molar-refractivity contribution in [2.45, 2.75) is 50.6 Å². The summed E-state index contributed by atoms with van der Waals surface area (Å²) in [6.07, 6.45) is 1.85. The number of sulfonamides is 1. The van der Waals surface area contributed by atoms with Gasteiger partial charge in [0.15, 0.2) is 0 Å². The van der Waals surface area contributed by atoms with Crippen LogP contribution < -0.4 is 9.62 Å². The number of nitrogens with zero attached hydrogens (tertiary/aromatic N) is 2. The average Bonchev–Trinajstić information content (AvgIpc) is 2.94. The number of para-hydroxylation sites is 1. The maximum Gasteiger partial charge on any atom is 0.264 e. The van der Waals surface area contributed by atoms with Gasteiger partial charge in [-0.1, -0.05) is 79.9 Å². The lowest BCUT2D eigenvalue weighted by atomic mass is 10.1. The van der Waals surface area contributed by atoms with Crippen molar-refractivity contribution in [3.63, 3.8) is 0 Å². The second kappa shape index (κ2) is 14.5. The van der Waals surface area contributed by atoms with E-state index >= 15 is 0 Å². The predicted octanol–water partition coefficient (Wildman–Crippen LogP) is 6.05.